The molecule has 6 heteroatoms. The highest BCUT2D eigenvalue weighted by atomic mass is 16.4. The normalized spacial score (nSPS) is 10.6. The zero-order chi connectivity index (χ0) is 13.5. The highest BCUT2D eigenvalue weighted by Gasteiger charge is 2.11. The monoisotopic (exact) mass is 261 g/mol. The van der Waals surface area contributed by atoms with E-state index in [4.69, 9.17) is 4.42 Å². The third kappa shape index (κ3) is 4.03. The van der Waals surface area contributed by atoms with Gasteiger partial charge in [-0.15, -0.1) is 5.10 Å². The van der Waals surface area contributed by atoms with Crippen LogP contribution in [0.4, 0.5) is 6.01 Å². The number of pyridine rings is 1. The van der Waals surface area contributed by atoms with E-state index in [1.54, 1.807) is 6.20 Å². The Morgan fingerprint density at radius 1 is 1.32 bits per heavy atom. The van der Waals surface area contributed by atoms with E-state index >= 15 is 0 Å². The SMILES string of the molecule is CCCNCc1nnc(N(C)Cc2ccccn2)o1. The second-order valence-electron chi connectivity index (χ2n) is 4.33. The van der Waals surface area contributed by atoms with E-state index in [1.807, 2.05) is 30.1 Å². The van der Waals surface area contributed by atoms with Gasteiger partial charge in [0, 0.05) is 13.2 Å². The van der Waals surface area contributed by atoms with Crippen molar-refractivity contribution < 1.29 is 4.42 Å². The number of hydrogen-bond acceptors (Lipinski definition) is 6. The van der Waals surface area contributed by atoms with Gasteiger partial charge in [0.25, 0.3) is 0 Å². The molecule has 0 saturated carbocycles. The van der Waals surface area contributed by atoms with Gasteiger partial charge in [-0.25, -0.2) is 0 Å². The second-order valence-corrected chi connectivity index (χ2v) is 4.33. The van der Waals surface area contributed by atoms with Crippen molar-refractivity contribution in [3.05, 3.63) is 36.0 Å². The summed E-state index contributed by atoms with van der Waals surface area (Å²) < 4.78 is 5.58. The number of rotatable bonds is 7. The molecule has 2 aromatic rings. The third-order valence-corrected chi connectivity index (χ3v) is 2.61. The van der Waals surface area contributed by atoms with Crippen LogP contribution in [0.2, 0.25) is 0 Å². The van der Waals surface area contributed by atoms with Gasteiger partial charge in [-0.2, -0.15) is 0 Å². The van der Waals surface area contributed by atoms with Crippen LogP contribution in [0.15, 0.2) is 28.8 Å². The Labute approximate surface area is 112 Å². The van der Waals surface area contributed by atoms with Gasteiger partial charge in [0.05, 0.1) is 18.8 Å². The predicted molar refractivity (Wildman–Crippen MR) is 72.6 cm³/mol. The summed E-state index contributed by atoms with van der Waals surface area (Å²) in [6.45, 7) is 4.32. The first kappa shape index (κ1) is 13.5. The minimum atomic E-state index is 0.513. The molecule has 0 aromatic carbocycles. The Hall–Kier alpha value is -1.95. The van der Waals surface area contributed by atoms with Gasteiger partial charge in [-0.1, -0.05) is 18.1 Å². The van der Waals surface area contributed by atoms with E-state index in [-0.39, 0.29) is 0 Å². The van der Waals surface area contributed by atoms with Gasteiger partial charge < -0.3 is 14.6 Å². The molecule has 0 unspecified atom stereocenters. The molecular formula is C13H19N5O. The summed E-state index contributed by atoms with van der Waals surface area (Å²) in [5, 5.41) is 11.3. The van der Waals surface area contributed by atoms with E-state index in [2.05, 4.69) is 27.4 Å². The Morgan fingerprint density at radius 2 is 2.21 bits per heavy atom. The van der Waals surface area contributed by atoms with Gasteiger partial charge in [0.2, 0.25) is 5.89 Å². The van der Waals surface area contributed by atoms with Crippen molar-refractivity contribution in [3.63, 3.8) is 0 Å². The molecule has 0 saturated heterocycles. The van der Waals surface area contributed by atoms with Crippen LogP contribution in [0, 0.1) is 0 Å². The molecule has 0 radical (unpaired) electrons. The zero-order valence-electron chi connectivity index (χ0n) is 11.3. The van der Waals surface area contributed by atoms with Crippen LogP contribution in [-0.4, -0.2) is 28.8 Å². The highest BCUT2D eigenvalue weighted by Crippen LogP contribution is 2.12. The lowest BCUT2D eigenvalue weighted by Crippen LogP contribution is -2.17. The fourth-order valence-electron chi connectivity index (χ4n) is 1.64. The zero-order valence-corrected chi connectivity index (χ0v) is 11.3. The van der Waals surface area contributed by atoms with Crippen molar-refractivity contribution in [2.75, 3.05) is 18.5 Å². The summed E-state index contributed by atoms with van der Waals surface area (Å²) in [5.41, 5.74) is 0.967. The first-order valence-corrected chi connectivity index (χ1v) is 6.43. The molecule has 0 bridgehead atoms. The molecule has 2 heterocycles. The molecule has 0 fully saturated rings. The van der Waals surface area contributed by atoms with Crippen molar-refractivity contribution >= 4 is 6.01 Å². The van der Waals surface area contributed by atoms with Crippen molar-refractivity contribution in [3.8, 4) is 0 Å². The molecule has 0 spiro atoms. The minimum absolute atomic E-state index is 0.513. The number of hydrogen-bond donors (Lipinski definition) is 1. The molecule has 1 N–H and O–H groups in total. The number of nitrogens with one attached hydrogen (secondary N) is 1. The van der Waals surface area contributed by atoms with Crippen molar-refractivity contribution in [2.24, 2.45) is 0 Å². The molecule has 19 heavy (non-hydrogen) atoms. The summed E-state index contributed by atoms with van der Waals surface area (Å²) in [5.74, 6) is 0.608. The van der Waals surface area contributed by atoms with Gasteiger partial charge in [0.15, 0.2) is 0 Å². The standard InChI is InChI=1S/C13H19N5O/c1-3-7-14-9-12-16-17-13(19-12)18(2)10-11-6-4-5-8-15-11/h4-6,8,14H,3,7,9-10H2,1-2H3. The number of nitrogens with zero attached hydrogens (tertiary/aromatic N) is 4. The largest absolute Gasteiger partial charge is 0.407 e. The lowest BCUT2D eigenvalue weighted by molar-refractivity contribution is 0.464. The molecule has 0 amide bonds. The average molecular weight is 261 g/mol. The number of aromatic nitrogens is 3. The summed E-state index contributed by atoms with van der Waals surface area (Å²) in [4.78, 5) is 6.16. The summed E-state index contributed by atoms with van der Waals surface area (Å²) in [6, 6.07) is 6.34. The molecule has 2 aromatic heterocycles. The lowest BCUT2D eigenvalue weighted by atomic mass is 10.3. The Bertz CT molecular complexity index is 485. The first-order chi connectivity index (χ1) is 9.29. The average Bonchev–Trinajstić information content (AvgIpc) is 2.89. The van der Waals surface area contributed by atoms with Crippen LogP contribution in [-0.2, 0) is 13.1 Å². The molecule has 0 aliphatic carbocycles. The predicted octanol–water partition coefficient (Wildman–Crippen LogP) is 1.60. The maximum Gasteiger partial charge on any atom is 0.318 e. The number of anilines is 1. The molecule has 102 valence electrons. The highest BCUT2D eigenvalue weighted by molar-refractivity contribution is 5.24. The minimum Gasteiger partial charge on any atom is -0.407 e. The van der Waals surface area contributed by atoms with Gasteiger partial charge in [-0.05, 0) is 25.1 Å². The van der Waals surface area contributed by atoms with Crippen LogP contribution in [0.25, 0.3) is 0 Å². The summed E-state index contributed by atoms with van der Waals surface area (Å²) >= 11 is 0. The summed E-state index contributed by atoms with van der Waals surface area (Å²) in [6.07, 6.45) is 2.86. The molecule has 2 rings (SSSR count). The fraction of sp³-hybridized carbons (Fsp3) is 0.462. The molecule has 0 atom stereocenters. The van der Waals surface area contributed by atoms with Crippen molar-refractivity contribution in [1.82, 2.24) is 20.5 Å². The summed E-state index contributed by atoms with van der Waals surface area (Å²) in [7, 11) is 1.91. The Morgan fingerprint density at radius 3 is 2.95 bits per heavy atom. The third-order valence-electron chi connectivity index (χ3n) is 2.61. The van der Waals surface area contributed by atoms with Gasteiger partial charge >= 0.3 is 6.01 Å². The maximum absolute atomic E-state index is 5.58. The Balaban J connectivity index is 1.90. The van der Waals surface area contributed by atoms with E-state index in [1.165, 1.54) is 0 Å². The van der Waals surface area contributed by atoms with Crippen molar-refractivity contribution in [2.45, 2.75) is 26.4 Å². The van der Waals surface area contributed by atoms with Crippen LogP contribution < -0.4 is 10.2 Å². The van der Waals surface area contributed by atoms with E-state index in [0.29, 0.717) is 25.0 Å². The second kappa shape index (κ2) is 6.84. The lowest BCUT2D eigenvalue weighted by Gasteiger charge is -2.12. The molecular weight excluding hydrogens is 242 g/mol. The van der Waals surface area contributed by atoms with Crippen LogP contribution in [0.3, 0.4) is 0 Å². The first-order valence-electron chi connectivity index (χ1n) is 6.43. The topological polar surface area (TPSA) is 67.1 Å². The van der Waals surface area contributed by atoms with E-state index in [9.17, 15) is 0 Å². The smallest absolute Gasteiger partial charge is 0.318 e. The van der Waals surface area contributed by atoms with Crippen LogP contribution in [0.5, 0.6) is 0 Å². The maximum atomic E-state index is 5.58. The fourth-order valence-corrected chi connectivity index (χ4v) is 1.64. The van der Waals surface area contributed by atoms with Crippen molar-refractivity contribution in [1.29, 1.82) is 0 Å². The molecule has 6 nitrogen and oxygen atoms in total. The van der Waals surface area contributed by atoms with E-state index < -0.39 is 0 Å². The molecule has 0 aliphatic rings. The van der Waals surface area contributed by atoms with Gasteiger partial charge in [-0.3, -0.25) is 4.98 Å². The van der Waals surface area contributed by atoms with Crippen LogP contribution in [0.1, 0.15) is 24.9 Å². The molecule has 0 aliphatic heterocycles. The van der Waals surface area contributed by atoms with Gasteiger partial charge in [0.1, 0.15) is 0 Å². The quantitative estimate of drug-likeness (QED) is 0.764. The van der Waals surface area contributed by atoms with Crippen LogP contribution >= 0.6 is 0 Å². The van der Waals surface area contributed by atoms with E-state index in [0.717, 1.165) is 18.7 Å². The Kier molecular flexibility index (Phi) is 4.85.